The van der Waals surface area contributed by atoms with Crippen LogP contribution in [0.3, 0.4) is 0 Å². The fraction of sp³-hybridized carbons (Fsp3) is 0.462. The number of rotatable bonds is 5. The Bertz CT molecular complexity index is 488. The normalized spacial score (nSPS) is 11.5. The van der Waals surface area contributed by atoms with Crippen molar-refractivity contribution in [3.63, 3.8) is 0 Å². The molecule has 0 saturated carbocycles. The molecule has 1 heterocycles. The van der Waals surface area contributed by atoms with Gasteiger partial charge in [0.1, 0.15) is 5.01 Å². The molecule has 92 valence electrons. The summed E-state index contributed by atoms with van der Waals surface area (Å²) in [6, 6.07) is 6.51. The number of nitrogens with two attached hydrogens (primary N) is 1. The molecule has 2 rings (SSSR count). The quantitative estimate of drug-likeness (QED) is 0.885. The SMILES string of the molecule is CCN(CC)Cc1ccc2nc(CN)sc2c1. The smallest absolute Gasteiger partial charge is 0.107 e. The minimum Gasteiger partial charge on any atom is -0.325 e. The first-order chi connectivity index (χ1) is 8.26. The maximum absolute atomic E-state index is 5.62. The number of thiazole rings is 1. The molecule has 0 spiro atoms. The van der Waals surface area contributed by atoms with Gasteiger partial charge in [-0.2, -0.15) is 0 Å². The van der Waals surface area contributed by atoms with Crippen molar-refractivity contribution >= 4 is 21.6 Å². The first-order valence-electron chi connectivity index (χ1n) is 6.07. The van der Waals surface area contributed by atoms with Crippen molar-refractivity contribution in [2.45, 2.75) is 26.9 Å². The Balaban J connectivity index is 2.24. The minimum atomic E-state index is 0.532. The Kier molecular flexibility index (Phi) is 4.10. The monoisotopic (exact) mass is 249 g/mol. The van der Waals surface area contributed by atoms with E-state index in [1.54, 1.807) is 11.3 Å². The lowest BCUT2D eigenvalue weighted by atomic mass is 10.2. The van der Waals surface area contributed by atoms with E-state index in [0.717, 1.165) is 30.2 Å². The second-order valence-electron chi connectivity index (χ2n) is 4.08. The molecule has 2 N–H and O–H groups in total. The van der Waals surface area contributed by atoms with Crippen molar-refractivity contribution in [3.8, 4) is 0 Å². The Hall–Kier alpha value is -0.970. The van der Waals surface area contributed by atoms with Gasteiger partial charge in [-0.05, 0) is 30.8 Å². The molecule has 0 aliphatic heterocycles. The first kappa shape index (κ1) is 12.5. The highest BCUT2D eigenvalue weighted by atomic mass is 32.1. The maximum Gasteiger partial charge on any atom is 0.107 e. The van der Waals surface area contributed by atoms with Crippen molar-refractivity contribution in [3.05, 3.63) is 28.8 Å². The van der Waals surface area contributed by atoms with Crippen LogP contribution in [-0.4, -0.2) is 23.0 Å². The molecule has 0 unspecified atom stereocenters. The van der Waals surface area contributed by atoms with E-state index < -0.39 is 0 Å². The van der Waals surface area contributed by atoms with Gasteiger partial charge in [-0.3, -0.25) is 4.90 Å². The van der Waals surface area contributed by atoms with E-state index in [9.17, 15) is 0 Å². The van der Waals surface area contributed by atoms with E-state index in [-0.39, 0.29) is 0 Å². The first-order valence-corrected chi connectivity index (χ1v) is 6.89. The molecule has 4 heteroatoms. The van der Waals surface area contributed by atoms with E-state index in [1.165, 1.54) is 10.3 Å². The molecule has 3 nitrogen and oxygen atoms in total. The molecule has 0 fully saturated rings. The van der Waals surface area contributed by atoms with Gasteiger partial charge in [-0.1, -0.05) is 19.9 Å². The highest BCUT2D eigenvalue weighted by Crippen LogP contribution is 2.23. The maximum atomic E-state index is 5.62. The number of aromatic nitrogens is 1. The summed E-state index contributed by atoms with van der Waals surface area (Å²) in [4.78, 5) is 6.88. The lowest BCUT2D eigenvalue weighted by molar-refractivity contribution is 0.296. The summed E-state index contributed by atoms with van der Waals surface area (Å²) in [6.45, 7) is 8.11. The third kappa shape index (κ3) is 2.83. The Morgan fingerprint density at radius 1 is 1.29 bits per heavy atom. The van der Waals surface area contributed by atoms with Gasteiger partial charge in [0.25, 0.3) is 0 Å². The van der Waals surface area contributed by atoms with E-state index in [0.29, 0.717) is 6.54 Å². The molecule has 0 aliphatic rings. The van der Waals surface area contributed by atoms with Crippen molar-refractivity contribution in [2.24, 2.45) is 5.73 Å². The third-order valence-electron chi connectivity index (χ3n) is 2.97. The van der Waals surface area contributed by atoms with Crippen LogP contribution < -0.4 is 5.73 Å². The van der Waals surface area contributed by atoms with Crippen molar-refractivity contribution < 1.29 is 0 Å². The zero-order valence-electron chi connectivity index (χ0n) is 10.4. The highest BCUT2D eigenvalue weighted by molar-refractivity contribution is 7.18. The lowest BCUT2D eigenvalue weighted by Gasteiger charge is -2.17. The van der Waals surface area contributed by atoms with Gasteiger partial charge in [0, 0.05) is 13.1 Å². The summed E-state index contributed by atoms with van der Waals surface area (Å²) in [7, 11) is 0. The molecule has 2 aromatic rings. The fourth-order valence-electron chi connectivity index (χ4n) is 1.91. The van der Waals surface area contributed by atoms with Gasteiger partial charge in [-0.25, -0.2) is 4.98 Å². The molecule has 1 aromatic carbocycles. The van der Waals surface area contributed by atoms with Crippen LogP contribution in [0, 0.1) is 0 Å². The summed E-state index contributed by atoms with van der Waals surface area (Å²) < 4.78 is 1.25. The highest BCUT2D eigenvalue weighted by Gasteiger charge is 2.05. The number of benzene rings is 1. The number of fused-ring (bicyclic) bond motifs is 1. The molecule has 0 atom stereocenters. The van der Waals surface area contributed by atoms with E-state index in [2.05, 4.69) is 41.9 Å². The molecule has 0 saturated heterocycles. The van der Waals surface area contributed by atoms with Gasteiger partial charge in [0.2, 0.25) is 0 Å². The molecule has 0 aliphatic carbocycles. The largest absolute Gasteiger partial charge is 0.325 e. The lowest BCUT2D eigenvalue weighted by Crippen LogP contribution is -2.21. The number of hydrogen-bond donors (Lipinski definition) is 1. The standard InChI is InChI=1S/C13H19N3S/c1-3-16(4-2)9-10-5-6-11-12(7-10)17-13(8-14)15-11/h5-7H,3-4,8-9,14H2,1-2H3. The summed E-state index contributed by atoms with van der Waals surface area (Å²) >= 11 is 1.70. The van der Waals surface area contributed by atoms with Crippen LogP contribution in [0.2, 0.25) is 0 Å². The Morgan fingerprint density at radius 2 is 2.06 bits per heavy atom. The van der Waals surface area contributed by atoms with Crippen molar-refractivity contribution in [1.82, 2.24) is 9.88 Å². The predicted molar refractivity (Wildman–Crippen MR) is 74.1 cm³/mol. The average Bonchev–Trinajstić information content (AvgIpc) is 2.78. The second kappa shape index (κ2) is 5.58. The van der Waals surface area contributed by atoms with Crippen LogP contribution >= 0.6 is 11.3 Å². The van der Waals surface area contributed by atoms with E-state index in [1.807, 2.05) is 0 Å². The summed E-state index contributed by atoms with van der Waals surface area (Å²) in [6.07, 6.45) is 0. The summed E-state index contributed by atoms with van der Waals surface area (Å²) in [5.41, 5.74) is 8.04. The molecule has 0 amide bonds. The third-order valence-corrected chi connectivity index (χ3v) is 4.01. The molecule has 1 aromatic heterocycles. The van der Waals surface area contributed by atoms with Crippen LogP contribution in [0.1, 0.15) is 24.4 Å². The van der Waals surface area contributed by atoms with Gasteiger partial charge < -0.3 is 5.73 Å². The van der Waals surface area contributed by atoms with Gasteiger partial charge in [0.05, 0.1) is 10.2 Å². The number of hydrogen-bond acceptors (Lipinski definition) is 4. The van der Waals surface area contributed by atoms with Crippen LogP contribution in [0.15, 0.2) is 18.2 Å². The zero-order chi connectivity index (χ0) is 12.3. The molecule has 0 radical (unpaired) electrons. The average molecular weight is 249 g/mol. The van der Waals surface area contributed by atoms with Crippen molar-refractivity contribution in [2.75, 3.05) is 13.1 Å². The molecule has 0 bridgehead atoms. The number of nitrogens with zero attached hydrogens (tertiary/aromatic N) is 2. The van der Waals surface area contributed by atoms with Crippen LogP contribution in [0.25, 0.3) is 10.2 Å². The van der Waals surface area contributed by atoms with E-state index >= 15 is 0 Å². The van der Waals surface area contributed by atoms with Gasteiger partial charge in [0.15, 0.2) is 0 Å². The predicted octanol–water partition coefficient (Wildman–Crippen LogP) is 2.60. The Labute approximate surface area is 106 Å². The van der Waals surface area contributed by atoms with Gasteiger partial charge in [-0.15, -0.1) is 11.3 Å². The minimum absolute atomic E-state index is 0.532. The summed E-state index contributed by atoms with van der Waals surface area (Å²) in [5.74, 6) is 0. The van der Waals surface area contributed by atoms with Crippen LogP contribution in [0.4, 0.5) is 0 Å². The van der Waals surface area contributed by atoms with Crippen LogP contribution in [-0.2, 0) is 13.1 Å². The van der Waals surface area contributed by atoms with Gasteiger partial charge >= 0.3 is 0 Å². The molecular weight excluding hydrogens is 230 g/mol. The zero-order valence-corrected chi connectivity index (χ0v) is 11.3. The van der Waals surface area contributed by atoms with Crippen molar-refractivity contribution in [1.29, 1.82) is 0 Å². The molecule has 17 heavy (non-hydrogen) atoms. The summed E-state index contributed by atoms with van der Waals surface area (Å²) in [5, 5.41) is 1.01. The molecular formula is C13H19N3S. The Morgan fingerprint density at radius 3 is 2.71 bits per heavy atom. The second-order valence-corrected chi connectivity index (χ2v) is 5.19. The fourth-order valence-corrected chi connectivity index (χ4v) is 2.82. The topological polar surface area (TPSA) is 42.2 Å². The van der Waals surface area contributed by atoms with Crippen LogP contribution in [0.5, 0.6) is 0 Å². The van der Waals surface area contributed by atoms with E-state index in [4.69, 9.17) is 5.73 Å².